The Hall–Kier alpha value is -3.55. The van der Waals surface area contributed by atoms with Gasteiger partial charge in [-0.15, -0.1) is 0 Å². The molecule has 0 amide bonds. The molecule has 1 N–H and O–H groups in total. The summed E-state index contributed by atoms with van der Waals surface area (Å²) in [6.45, 7) is 2.57. The normalized spacial score (nSPS) is 25.8. The molecule has 0 aromatic carbocycles. The highest BCUT2D eigenvalue weighted by Crippen LogP contribution is 2.56. The Bertz CT molecular complexity index is 1040. The minimum Gasteiger partial charge on any atom is -0.512 e. The Morgan fingerprint density at radius 1 is 1.39 bits per heavy atom. The van der Waals surface area contributed by atoms with Crippen molar-refractivity contribution in [1.82, 2.24) is 10.3 Å². The summed E-state index contributed by atoms with van der Waals surface area (Å²) in [5.74, 6) is -2.53. The first-order chi connectivity index (χ1) is 13.3. The Morgan fingerprint density at radius 3 is 2.68 bits per heavy atom. The predicted octanol–water partition coefficient (Wildman–Crippen LogP) is -0.624. The van der Waals surface area contributed by atoms with Crippen LogP contribution in [0.1, 0.15) is 37.6 Å². The van der Waals surface area contributed by atoms with Crippen molar-refractivity contribution in [3.8, 4) is 11.4 Å². The van der Waals surface area contributed by atoms with E-state index in [2.05, 4.69) is 19.6 Å². The molecule has 0 radical (unpaired) electrons. The van der Waals surface area contributed by atoms with Gasteiger partial charge in [-0.2, -0.15) is 0 Å². The molecule has 0 aliphatic heterocycles. The Kier molecular flexibility index (Phi) is 3.65. The number of nitro groups is 1. The van der Waals surface area contributed by atoms with E-state index in [4.69, 9.17) is 4.74 Å². The Balaban J connectivity index is 2.15. The molecule has 2 aromatic heterocycles. The molecule has 14 heteroatoms. The fourth-order valence-corrected chi connectivity index (χ4v) is 4.10. The second-order valence-electron chi connectivity index (χ2n) is 6.38. The lowest BCUT2D eigenvalue weighted by molar-refractivity contribution is -0.811. The molecule has 0 bridgehead atoms. The molecule has 4 rings (SSSR count). The van der Waals surface area contributed by atoms with E-state index in [1.165, 1.54) is 6.92 Å². The van der Waals surface area contributed by atoms with Crippen LogP contribution in [-0.2, 0) is 15.1 Å². The van der Waals surface area contributed by atoms with Gasteiger partial charge in [0.2, 0.25) is 5.69 Å². The first-order valence-electron chi connectivity index (χ1n) is 8.15. The first-order valence-corrected chi connectivity index (χ1v) is 8.15. The molecule has 0 fully saturated rings. The van der Waals surface area contributed by atoms with Crippen LogP contribution in [0.5, 0.6) is 0 Å². The number of aromatic nitrogens is 4. The summed E-state index contributed by atoms with van der Waals surface area (Å²) in [6, 6.07) is 0. The van der Waals surface area contributed by atoms with Crippen molar-refractivity contribution < 1.29 is 38.6 Å². The number of nitrogens with zero attached hydrogens (tertiary/aromatic N) is 5. The number of ketones is 1. The minimum atomic E-state index is -2.40. The summed E-state index contributed by atoms with van der Waals surface area (Å²) >= 11 is 0. The van der Waals surface area contributed by atoms with E-state index in [0.717, 1.165) is 6.92 Å². The van der Waals surface area contributed by atoms with Gasteiger partial charge in [-0.05, 0) is 23.7 Å². The average Bonchev–Trinajstić information content (AvgIpc) is 3.18. The lowest BCUT2D eigenvalue weighted by Gasteiger charge is -2.39. The fourth-order valence-electron chi connectivity index (χ4n) is 4.10. The molecule has 3 atom stereocenters. The summed E-state index contributed by atoms with van der Waals surface area (Å²) < 4.78 is 14.6. The number of carbonyl (C=O) groups is 1. The number of hydrogen-bond acceptors (Lipinski definition) is 11. The third-order valence-electron chi connectivity index (χ3n) is 5.11. The first kappa shape index (κ1) is 17.8. The topological polar surface area (TPSA) is 196 Å². The van der Waals surface area contributed by atoms with Crippen molar-refractivity contribution in [3.05, 3.63) is 43.2 Å². The highest BCUT2D eigenvalue weighted by molar-refractivity contribution is 5.95. The van der Waals surface area contributed by atoms with E-state index in [9.17, 15) is 30.4 Å². The molecule has 0 saturated carbocycles. The number of carbonyl (C=O) groups excluding carboxylic acids is 1. The van der Waals surface area contributed by atoms with Crippen molar-refractivity contribution in [2.75, 3.05) is 6.61 Å². The maximum atomic E-state index is 12.4. The lowest BCUT2D eigenvalue weighted by atomic mass is 9.63. The van der Waals surface area contributed by atoms with Crippen molar-refractivity contribution in [1.29, 1.82) is 0 Å². The van der Waals surface area contributed by atoms with Crippen molar-refractivity contribution in [3.63, 3.8) is 0 Å². The van der Waals surface area contributed by atoms with Gasteiger partial charge in [0.15, 0.2) is 11.9 Å². The Morgan fingerprint density at radius 2 is 2.07 bits per heavy atom. The van der Waals surface area contributed by atoms with Crippen LogP contribution in [0.15, 0.2) is 20.6 Å². The quantitative estimate of drug-likeness (QED) is 0.393. The van der Waals surface area contributed by atoms with Crippen LogP contribution in [0.3, 0.4) is 0 Å². The third kappa shape index (κ3) is 1.91. The number of Topliss-reactive ketones (excluding diaryl/α,β-unsaturated/α-hetero) is 1. The number of fused-ring (bicyclic) bond motifs is 6. The SMILES string of the molecule is CCO[C@@H]1C(C(C)=O)=C(O)C[C@H]2c3c(no[n+]3[O-])-c3c(no[n+]3[O-])[C@@]12[N+](=O)[O-]. The summed E-state index contributed by atoms with van der Waals surface area (Å²) in [7, 11) is 0. The van der Waals surface area contributed by atoms with Crippen molar-refractivity contribution in [2.45, 2.75) is 37.8 Å². The van der Waals surface area contributed by atoms with Crippen LogP contribution in [0.2, 0.25) is 0 Å². The zero-order valence-electron chi connectivity index (χ0n) is 14.5. The van der Waals surface area contributed by atoms with Gasteiger partial charge in [0.1, 0.15) is 11.7 Å². The van der Waals surface area contributed by atoms with Crippen molar-refractivity contribution >= 4 is 5.78 Å². The van der Waals surface area contributed by atoms with Crippen LogP contribution in [-0.4, -0.2) is 38.8 Å². The summed E-state index contributed by atoms with van der Waals surface area (Å²) in [6.07, 6.45) is -2.11. The predicted molar refractivity (Wildman–Crippen MR) is 81.7 cm³/mol. The number of aliphatic hydroxyl groups is 1. The van der Waals surface area contributed by atoms with E-state index in [1.54, 1.807) is 0 Å². The largest absolute Gasteiger partial charge is 0.512 e. The van der Waals surface area contributed by atoms with Gasteiger partial charge in [0, 0.05) is 23.1 Å². The minimum absolute atomic E-state index is 0.0739. The van der Waals surface area contributed by atoms with E-state index < -0.39 is 51.8 Å². The van der Waals surface area contributed by atoms with Crippen LogP contribution in [0.4, 0.5) is 0 Å². The van der Waals surface area contributed by atoms with E-state index in [-0.39, 0.29) is 33.4 Å². The molecule has 0 saturated heterocycles. The zero-order chi connectivity index (χ0) is 20.4. The zero-order valence-corrected chi connectivity index (χ0v) is 14.5. The fraction of sp³-hybridized carbons (Fsp3) is 0.500. The molecule has 0 spiro atoms. The molecule has 0 unspecified atom stereocenters. The van der Waals surface area contributed by atoms with E-state index >= 15 is 0 Å². The van der Waals surface area contributed by atoms with Gasteiger partial charge in [-0.3, -0.25) is 24.2 Å². The summed E-state index contributed by atoms with van der Waals surface area (Å²) in [5.41, 5.74) is -4.35. The molecular weight excluding hydrogens is 382 g/mol. The van der Waals surface area contributed by atoms with Gasteiger partial charge < -0.3 is 20.3 Å². The van der Waals surface area contributed by atoms with Crippen molar-refractivity contribution in [2.24, 2.45) is 0 Å². The van der Waals surface area contributed by atoms with Crippen LogP contribution in [0.25, 0.3) is 11.4 Å². The van der Waals surface area contributed by atoms with Gasteiger partial charge in [-0.1, -0.05) is 0 Å². The Labute approximate surface area is 154 Å². The summed E-state index contributed by atoms with van der Waals surface area (Å²) in [4.78, 5) is 23.6. The number of aliphatic hydroxyl groups excluding tert-OH is 1. The number of ether oxygens (including phenoxy) is 1. The van der Waals surface area contributed by atoms with E-state index in [1.807, 2.05) is 0 Å². The molecule has 148 valence electrons. The van der Waals surface area contributed by atoms with Gasteiger partial charge in [-0.25, -0.2) is 0 Å². The number of hydrogen-bond donors (Lipinski definition) is 1. The van der Waals surface area contributed by atoms with Gasteiger partial charge in [0.05, 0.1) is 10.7 Å². The van der Waals surface area contributed by atoms with Gasteiger partial charge >= 0.3 is 11.2 Å². The highest BCUT2D eigenvalue weighted by atomic mass is 16.8. The maximum absolute atomic E-state index is 12.4. The second-order valence-corrected chi connectivity index (χ2v) is 6.38. The van der Waals surface area contributed by atoms with Gasteiger partial charge in [0.25, 0.3) is 11.4 Å². The van der Waals surface area contributed by atoms with Crippen LogP contribution < -0.4 is 9.81 Å². The van der Waals surface area contributed by atoms with Crippen LogP contribution >= 0.6 is 0 Å². The smallest absolute Gasteiger partial charge is 0.333 e. The number of rotatable bonds is 4. The molecule has 2 aliphatic carbocycles. The average molecular weight is 395 g/mol. The maximum Gasteiger partial charge on any atom is 0.333 e. The number of allylic oxidation sites excluding steroid dienone is 1. The molecule has 2 heterocycles. The second kappa shape index (κ2) is 5.72. The molecule has 2 aliphatic rings. The molecular formula is C14H13N5O9. The molecule has 28 heavy (non-hydrogen) atoms. The highest BCUT2D eigenvalue weighted by Gasteiger charge is 2.75. The lowest BCUT2D eigenvalue weighted by Crippen LogP contribution is -2.60. The van der Waals surface area contributed by atoms with E-state index in [0.29, 0.717) is 0 Å². The molecule has 14 nitrogen and oxygen atoms in total. The molecule has 2 aromatic rings. The van der Waals surface area contributed by atoms with Crippen LogP contribution in [0, 0.1) is 20.5 Å². The monoisotopic (exact) mass is 395 g/mol. The standard InChI is InChI=1S/C14H13N5O9/c1-3-26-13-8(5(2)20)7(21)4-6-10-9(15-27-17(10)22)11-12(16-28-18(11)23)14(6,13)19(24)25/h6,13,21H,3-4H2,1-2H3/t6-,13+,14+/m0/s1. The summed E-state index contributed by atoms with van der Waals surface area (Å²) in [5, 5.41) is 54.3. The third-order valence-corrected chi connectivity index (χ3v) is 5.11.